The molecule has 0 radical (unpaired) electrons. The molecular weight excluding hydrogens is 340 g/mol. The quantitative estimate of drug-likeness (QED) is 0.716. The topological polar surface area (TPSA) is 59.2 Å². The normalized spacial score (nSPS) is 17.1. The minimum atomic E-state index is -0.647. The zero-order chi connectivity index (χ0) is 18.3. The van der Waals surface area contributed by atoms with Crippen LogP contribution in [0.25, 0.3) is 11.4 Å². The Morgan fingerprint density at radius 3 is 2.85 bits per heavy atom. The second-order valence-electron chi connectivity index (χ2n) is 6.33. The maximum atomic E-state index is 14.0. The molecule has 132 valence electrons. The van der Waals surface area contributed by atoms with Crippen LogP contribution in [0.2, 0.25) is 0 Å². The largest absolute Gasteiger partial charge is 0.339 e. The van der Waals surface area contributed by atoms with Crippen LogP contribution < -0.4 is 4.90 Å². The Hall–Kier alpha value is -3.09. The van der Waals surface area contributed by atoms with Crippen LogP contribution in [0.3, 0.4) is 0 Å². The Bertz CT molecular complexity index is 986. The van der Waals surface area contributed by atoms with E-state index in [-0.39, 0.29) is 30.5 Å². The van der Waals surface area contributed by atoms with Crippen LogP contribution in [0.5, 0.6) is 0 Å². The first-order chi connectivity index (χ1) is 12.5. The smallest absolute Gasteiger partial charge is 0.232 e. The van der Waals surface area contributed by atoms with Crippen LogP contribution in [-0.4, -0.2) is 22.6 Å². The Morgan fingerprint density at radius 2 is 2.04 bits per heavy atom. The molecular formula is C19H15F2N3O2. The molecule has 0 spiro atoms. The van der Waals surface area contributed by atoms with Gasteiger partial charge in [0.15, 0.2) is 0 Å². The molecule has 0 bridgehead atoms. The van der Waals surface area contributed by atoms with E-state index >= 15 is 0 Å². The van der Waals surface area contributed by atoms with E-state index in [1.165, 1.54) is 4.90 Å². The maximum absolute atomic E-state index is 14.0. The van der Waals surface area contributed by atoms with E-state index in [1.54, 1.807) is 0 Å². The Morgan fingerprint density at radius 1 is 1.19 bits per heavy atom. The number of hydrogen-bond acceptors (Lipinski definition) is 4. The van der Waals surface area contributed by atoms with Crippen molar-refractivity contribution < 1.29 is 18.1 Å². The fourth-order valence-electron chi connectivity index (χ4n) is 3.10. The minimum Gasteiger partial charge on any atom is -0.339 e. The fraction of sp³-hybridized carbons (Fsp3) is 0.211. The lowest BCUT2D eigenvalue weighted by molar-refractivity contribution is -0.117. The second kappa shape index (κ2) is 6.33. The van der Waals surface area contributed by atoms with E-state index in [0.29, 0.717) is 11.7 Å². The summed E-state index contributed by atoms with van der Waals surface area (Å²) in [5.41, 5.74) is 1.81. The number of hydrogen-bond donors (Lipinski definition) is 0. The van der Waals surface area contributed by atoms with Crippen LogP contribution in [0, 0.1) is 18.6 Å². The summed E-state index contributed by atoms with van der Waals surface area (Å²) >= 11 is 0. The van der Waals surface area contributed by atoms with Gasteiger partial charge in [0.25, 0.3) is 0 Å². The first kappa shape index (κ1) is 16.4. The molecule has 2 heterocycles. The van der Waals surface area contributed by atoms with Crippen LogP contribution in [-0.2, 0) is 4.79 Å². The predicted molar refractivity (Wildman–Crippen MR) is 90.5 cm³/mol. The molecule has 5 nitrogen and oxygen atoms in total. The van der Waals surface area contributed by atoms with Crippen LogP contribution in [0.1, 0.15) is 23.8 Å². The van der Waals surface area contributed by atoms with Gasteiger partial charge < -0.3 is 9.42 Å². The third kappa shape index (κ3) is 2.96. The predicted octanol–water partition coefficient (Wildman–Crippen LogP) is 3.84. The monoisotopic (exact) mass is 355 g/mol. The van der Waals surface area contributed by atoms with Gasteiger partial charge in [-0.2, -0.15) is 4.98 Å². The van der Waals surface area contributed by atoms with Gasteiger partial charge in [-0.3, -0.25) is 4.79 Å². The lowest BCUT2D eigenvalue weighted by atomic mass is 10.1. The summed E-state index contributed by atoms with van der Waals surface area (Å²) in [5, 5.41) is 3.98. The lowest BCUT2D eigenvalue weighted by Gasteiger charge is -2.16. The minimum absolute atomic E-state index is 0.0732. The summed E-state index contributed by atoms with van der Waals surface area (Å²) < 4.78 is 32.7. The standard InChI is InChI=1S/C19H15F2N3O2/c1-11-3-2-4-12(7-11)18-22-19(26-23-18)13-8-17(25)24(10-13)16-9-14(20)5-6-15(16)21/h2-7,9,13H,8,10H2,1H3. The first-order valence-corrected chi connectivity index (χ1v) is 8.17. The van der Waals surface area contributed by atoms with Gasteiger partial charge in [0.2, 0.25) is 17.6 Å². The third-order valence-corrected chi connectivity index (χ3v) is 4.39. The number of aromatic nitrogens is 2. The molecule has 3 aromatic rings. The molecule has 1 amide bonds. The summed E-state index contributed by atoms with van der Waals surface area (Å²) in [5.74, 6) is -1.17. The van der Waals surface area contributed by atoms with Crippen molar-refractivity contribution in [2.45, 2.75) is 19.3 Å². The van der Waals surface area contributed by atoms with Crippen molar-refractivity contribution >= 4 is 11.6 Å². The molecule has 1 aromatic heterocycles. The third-order valence-electron chi connectivity index (χ3n) is 4.39. The number of nitrogens with zero attached hydrogens (tertiary/aromatic N) is 3. The molecule has 1 saturated heterocycles. The SMILES string of the molecule is Cc1cccc(-c2noc(C3CC(=O)N(c4cc(F)ccc4F)C3)n2)c1. The average molecular weight is 355 g/mol. The Kier molecular flexibility index (Phi) is 3.99. The van der Waals surface area contributed by atoms with Gasteiger partial charge in [0.1, 0.15) is 11.6 Å². The molecule has 7 heteroatoms. The van der Waals surface area contributed by atoms with E-state index in [2.05, 4.69) is 10.1 Å². The zero-order valence-electron chi connectivity index (χ0n) is 13.9. The molecule has 0 saturated carbocycles. The van der Waals surface area contributed by atoms with Gasteiger partial charge in [-0.25, -0.2) is 8.78 Å². The highest BCUT2D eigenvalue weighted by Gasteiger charge is 2.36. The van der Waals surface area contributed by atoms with E-state index in [4.69, 9.17) is 4.52 Å². The summed E-state index contributed by atoms with van der Waals surface area (Å²) in [6, 6.07) is 10.7. The highest BCUT2D eigenvalue weighted by Crippen LogP contribution is 2.33. The molecule has 1 aliphatic heterocycles. The van der Waals surface area contributed by atoms with Gasteiger partial charge in [-0.1, -0.05) is 28.9 Å². The average Bonchev–Trinajstić information content (AvgIpc) is 3.24. The van der Waals surface area contributed by atoms with Crippen molar-refractivity contribution in [1.82, 2.24) is 10.1 Å². The van der Waals surface area contributed by atoms with Crippen LogP contribution >= 0.6 is 0 Å². The number of anilines is 1. The number of carbonyl (C=O) groups is 1. The first-order valence-electron chi connectivity index (χ1n) is 8.17. The number of halogens is 2. The summed E-state index contributed by atoms with van der Waals surface area (Å²) in [6.07, 6.45) is 0.103. The molecule has 1 fully saturated rings. The molecule has 26 heavy (non-hydrogen) atoms. The van der Waals surface area contributed by atoms with E-state index in [0.717, 1.165) is 29.3 Å². The second-order valence-corrected chi connectivity index (χ2v) is 6.33. The van der Waals surface area contributed by atoms with Gasteiger partial charge in [-0.15, -0.1) is 0 Å². The molecule has 1 aliphatic rings. The van der Waals surface area contributed by atoms with Crippen LogP contribution in [0.4, 0.5) is 14.5 Å². The van der Waals surface area contributed by atoms with Crippen molar-refractivity contribution in [3.8, 4) is 11.4 Å². The van der Waals surface area contributed by atoms with Gasteiger partial charge in [0.05, 0.1) is 11.6 Å². The molecule has 4 rings (SSSR count). The Balaban J connectivity index is 1.59. The number of carbonyl (C=O) groups excluding carboxylic acids is 1. The highest BCUT2D eigenvalue weighted by molar-refractivity contribution is 5.96. The summed E-state index contributed by atoms with van der Waals surface area (Å²) in [6.45, 7) is 2.13. The maximum Gasteiger partial charge on any atom is 0.232 e. The van der Waals surface area contributed by atoms with Gasteiger partial charge in [0, 0.05) is 24.6 Å². The van der Waals surface area contributed by atoms with Crippen molar-refractivity contribution in [3.63, 3.8) is 0 Å². The van der Waals surface area contributed by atoms with Crippen molar-refractivity contribution in [2.24, 2.45) is 0 Å². The number of amides is 1. The van der Waals surface area contributed by atoms with Crippen molar-refractivity contribution in [3.05, 3.63) is 65.6 Å². The lowest BCUT2D eigenvalue weighted by Crippen LogP contribution is -2.25. The molecule has 0 aliphatic carbocycles. The van der Waals surface area contributed by atoms with Gasteiger partial charge in [-0.05, 0) is 25.1 Å². The molecule has 1 atom stereocenters. The fourth-order valence-corrected chi connectivity index (χ4v) is 3.10. The zero-order valence-corrected chi connectivity index (χ0v) is 13.9. The number of rotatable bonds is 3. The van der Waals surface area contributed by atoms with Crippen LogP contribution in [0.15, 0.2) is 47.0 Å². The highest BCUT2D eigenvalue weighted by atomic mass is 19.1. The number of benzene rings is 2. The number of aryl methyl sites for hydroxylation is 1. The van der Waals surface area contributed by atoms with E-state index in [9.17, 15) is 13.6 Å². The van der Waals surface area contributed by atoms with Gasteiger partial charge >= 0.3 is 0 Å². The Labute approximate surface area is 148 Å². The molecule has 1 unspecified atom stereocenters. The summed E-state index contributed by atoms with van der Waals surface area (Å²) in [7, 11) is 0. The summed E-state index contributed by atoms with van der Waals surface area (Å²) in [4.78, 5) is 17.9. The van der Waals surface area contributed by atoms with E-state index in [1.807, 2.05) is 31.2 Å². The van der Waals surface area contributed by atoms with Crippen molar-refractivity contribution in [1.29, 1.82) is 0 Å². The molecule has 0 N–H and O–H groups in total. The van der Waals surface area contributed by atoms with E-state index < -0.39 is 11.6 Å². The van der Waals surface area contributed by atoms with Crippen molar-refractivity contribution in [2.75, 3.05) is 11.4 Å². The molecule has 2 aromatic carbocycles.